The largest absolute Gasteiger partial charge is 0.316 e. The van der Waals surface area contributed by atoms with Gasteiger partial charge in [-0.2, -0.15) is 5.26 Å². The smallest absolute Gasteiger partial charge is 0.0683 e. The van der Waals surface area contributed by atoms with Crippen molar-refractivity contribution >= 4 is 0 Å². The van der Waals surface area contributed by atoms with Crippen LogP contribution in [0.25, 0.3) is 0 Å². The predicted octanol–water partition coefficient (Wildman–Crippen LogP) is 2.64. The monoisotopic (exact) mass is 251 g/mol. The van der Waals surface area contributed by atoms with Gasteiger partial charge in [-0.15, -0.1) is 0 Å². The van der Waals surface area contributed by atoms with Gasteiger partial charge in [-0.25, -0.2) is 0 Å². The Morgan fingerprint density at radius 3 is 2.78 bits per heavy atom. The Hall–Kier alpha value is -0.590. The van der Waals surface area contributed by atoms with Gasteiger partial charge in [-0.3, -0.25) is 0 Å². The second-order valence-electron chi connectivity index (χ2n) is 6.20. The Kier molecular flexibility index (Phi) is 6.67. The molecule has 1 heterocycles. The summed E-state index contributed by atoms with van der Waals surface area (Å²) in [6.07, 6.45) is 4.83. The third-order valence-electron chi connectivity index (χ3n) is 3.94. The van der Waals surface area contributed by atoms with Crippen LogP contribution in [-0.2, 0) is 0 Å². The fourth-order valence-electron chi connectivity index (χ4n) is 2.62. The molecule has 3 heteroatoms. The highest BCUT2D eigenvalue weighted by molar-refractivity contribution is 4.91. The Labute approximate surface area is 113 Å². The van der Waals surface area contributed by atoms with Crippen LogP contribution in [0.15, 0.2) is 0 Å². The lowest BCUT2D eigenvalue weighted by molar-refractivity contribution is 0.207. The highest BCUT2D eigenvalue weighted by Gasteiger charge is 2.18. The van der Waals surface area contributed by atoms with Crippen molar-refractivity contribution in [3.63, 3.8) is 0 Å². The Morgan fingerprint density at radius 2 is 2.22 bits per heavy atom. The van der Waals surface area contributed by atoms with Crippen LogP contribution in [-0.4, -0.2) is 37.6 Å². The first kappa shape index (κ1) is 15.5. The molecule has 0 aliphatic carbocycles. The van der Waals surface area contributed by atoms with E-state index in [1.807, 2.05) is 13.8 Å². The van der Waals surface area contributed by atoms with Gasteiger partial charge in [0.05, 0.1) is 11.5 Å². The van der Waals surface area contributed by atoms with Crippen molar-refractivity contribution in [2.45, 2.75) is 46.5 Å². The van der Waals surface area contributed by atoms with Gasteiger partial charge in [-0.05, 0) is 71.6 Å². The van der Waals surface area contributed by atoms with Gasteiger partial charge in [0.25, 0.3) is 0 Å². The van der Waals surface area contributed by atoms with Gasteiger partial charge in [-0.1, -0.05) is 6.92 Å². The number of nitrogens with zero attached hydrogens (tertiary/aromatic N) is 2. The van der Waals surface area contributed by atoms with E-state index in [9.17, 15) is 0 Å². The van der Waals surface area contributed by atoms with Crippen molar-refractivity contribution in [1.82, 2.24) is 10.2 Å². The first-order chi connectivity index (χ1) is 8.57. The maximum absolute atomic E-state index is 9.01. The number of hydrogen-bond donors (Lipinski definition) is 1. The van der Waals surface area contributed by atoms with Crippen molar-refractivity contribution in [2.75, 3.05) is 32.7 Å². The first-order valence-electron chi connectivity index (χ1n) is 7.41. The molecule has 0 aromatic rings. The summed E-state index contributed by atoms with van der Waals surface area (Å²) in [5.74, 6) is 0.822. The lowest BCUT2D eigenvalue weighted by Gasteiger charge is -2.29. The fourth-order valence-corrected chi connectivity index (χ4v) is 2.62. The standard InChI is InChI=1S/C15H29N3/c1-4-18(10-6-8-15(2,3)13-16)12-14-7-5-9-17-11-14/h14,17H,4-12H2,1-3H3. The molecule has 0 saturated carbocycles. The summed E-state index contributed by atoms with van der Waals surface area (Å²) in [4.78, 5) is 2.55. The number of rotatable bonds is 7. The number of nitrogens with one attached hydrogen (secondary N) is 1. The van der Waals surface area contributed by atoms with E-state index < -0.39 is 0 Å². The molecule has 0 radical (unpaired) electrons. The van der Waals surface area contributed by atoms with E-state index >= 15 is 0 Å². The molecular formula is C15H29N3. The van der Waals surface area contributed by atoms with Crippen LogP contribution in [0.4, 0.5) is 0 Å². The quantitative estimate of drug-likeness (QED) is 0.756. The zero-order valence-corrected chi connectivity index (χ0v) is 12.3. The maximum atomic E-state index is 9.01. The summed E-state index contributed by atoms with van der Waals surface area (Å²) in [5.41, 5.74) is -0.161. The molecule has 1 aliphatic heterocycles. The molecule has 0 aromatic carbocycles. The maximum Gasteiger partial charge on any atom is 0.0683 e. The summed E-state index contributed by atoms with van der Waals surface area (Å²) in [5, 5.41) is 12.5. The molecule has 0 aromatic heterocycles. The average Bonchev–Trinajstić information content (AvgIpc) is 2.38. The fraction of sp³-hybridized carbons (Fsp3) is 0.933. The highest BCUT2D eigenvalue weighted by atomic mass is 15.1. The molecule has 1 atom stereocenters. The lowest BCUT2D eigenvalue weighted by Crippen LogP contribution is -2.38. The predicted molar refractivity (Wildman–Crippen MR) is 76.3 cm³/mol. The van der Waals surface area contributed by atoms with Crippen LogP contribution >= 0.6 is 0 Å². The van der Waals surface area contributed by atoms with Crippen molar-refractivity contribution < 1.29 is 0 Å². The van der Waals surface area contributed by atoms with E-state index in [0.717, 1.165) is 31.8 Å². The number of nitriles is 1. The van der Waals surface area contributed by atoms with Crippen LogP contribution in [0.3, 0.4) is 0 Å². The number of piperidine rings is 1. The normalized spacial score (nSPS) is 20.9. The van der Waals surface area contributed by atoms with Gasteiger partial charge in [0.1, 0.15) is 0 Å². The molecule has 1 unspecified atom stereocenters. The van der Waals surface area contributed by atoms with Crippen molar-refractivity contribution in [3.8, 4) is 6.07 Å². The minimum absolute atomic E-state index is 0.161. The molecule has 1 saturated heterocycles. The van der Waals surface area contributed by atoms with Gasteiger partial charge in [0, 0.05) is 6.54 Å². The molecular weight excluding hydrogens is 222 g/mol. The molecule has 0 amide bonds. The van der Waals surface area contributed by atoms with Crippen LogP contribution < -0.4 is 5.32 Å². The van der Waals surface area contributed by atoms with Crippen molar-refractivity contribution in [1.29, 1.82) is 5.26 Å². The molecule has 104 valence electrons. The zero-order chi connectivity index (χ0) is 13.4. The van der Waals surface area contributed by atoms with Crippen LogP contribution in [0.5, 0.6) is 0 Å². The minimum Gasteiger partial charge on any atom is -0.316 e. The second kappa shape index (κ2) is 7.76. The van der Waals surface area contributed by atoms with E-state index in [0.29, 0.717) is 0 Å². The van der Waals surface area contributed by atoms with Gasteiger partial charge in [0.2, 0.25) is 0 Å². The third kappa shape index (κ3) is 5.84. The Bertz CT molecular complexity index is 261. The molecule has 3 nitrogen and oxygen atoms in total. The SMILES string of the molecule is CCN(CCCC(C)(C)C#N)CC1CCCNC1. The molecule has 18 heavy (non-hydrogen) atoms. The average molecular weight is 251 g/mol. The van der Waals surface area contributed by atoms with Crippen LogP contribution in [0, 0.1) is 22.7 Å². The third-order valence-corrected chi connectivity index (χ3v) is 3.94. The second-order valence-corrected chi connectivity index (χ2v) is 6.20. The van der Waals surface area contributed by atoms with E-state index in [-0.39, 0.29) is 5.41 Å². The van der Waals surface area contributed by atoms with E-state index in [4.69, 9.17) is 5.26 Å². The molecule has 1 rings (SSSR count). The van der Waals surface area contributed by atoms with E-state index in [2.05, 4.69) is 23.2 Å². The first-order valence-corrected chi connectivity index (χ1v) is 7.41. The molecule has 0 bridgehead atoms. The topological polar surface area (TPSA) is 39.1 Å². The summed E-state index contributed by atoms with van der Waals surface area (Å²) in [6, 6.07) is 2.39. The summed E-state index contributed by atoms with van der Waals surface area (Å²) >= 11 is 0. The lowest BCUT2D eigenvalue weighted by atomic mass is 9.89. The summed E-state index contributed by atoms with van der Waals surface area (Å²) in [6.45, 7) is 12.2. The van der Waals surface area contributed by atoms with Crippen molar-refractivity contribution in [2.24, 2.45) is 11.3 Å². The zero-order valence-electron chi connectivity index (χ0n) is 12.3. The molecule has 1 fully saturated rings. The summed E-state index contributed by atoms with van der Waals surface area (Å²) < 4.78 is 0. The minimum atomic E-state index is -0.161. The Balaban J connectivity index is 2.23. The molecule has 0 spiro atoms. The summed E-state index contributed by atoms with van der Waals surface area (Å²) in [7, 11) is 0. The van der Waals surface area contributed by atoms with Crippen LogP contribution in [0.2, 0.25) is 0 Å². The molecule has 1 aliphatic rings. The Morgan fingerprint density at radius 1 is 1.44 bits per heavy atom. The van der Waals surface area contributed by atoms with E-state index in [1.165, 1.54) is 32.5 Å². The highest BCUT2D eigenvalue weighted by Crippen LogP contribution is 2.21. The van der Waals surface area contributed by atoms with Gasteiger partial charge >= 0.3 is 0 Å². The van der Waals surface area contributed by atoms with Crippen molar-refractivity contribution in [3.05, 3.63) is 0 Å². The van der Waals surface area contributed by atoms with Gasteiger partial charge < -0.3 is 10.2 Å². The molecule has 1 N–H and O–H groups in total. The van der Waals surface area contributed by atoms with E-state index in [1.54, 1.807) is 0 Å². The van der Waals surface area contributed by atoms with Gasteiger partial charge in [0.15, 0.2) is 0 Å². The van der Waals surface area contributed by atoms with Crippen LogP contribution in [0.1, 0.15) is 46.5 Å². The number of hydrogen-bond acceptors (Lipinski definition) is 3.